The van der Waals surface area contributed by atoms with Crippen molar-refractivity contribution in [2.24, 2.45) is 0 Å². The van der Waals surface area contributed by atoms with E-state index in [1.807, 2.05) is 0 Å². The van der Waals surface area contributed by atoms with Gasteiger partial charge in [0.25, 0.3) is 0 Å². The molecule has 0 bridgehead atoms. The summed E-state index contributed by atoms with van der Waals surface area (Å²) < 4.78 is 12.9. The van der Waals surface area contributed by atoms with E-state index in [9.17, 15) is 4.39 Å². The average molecular weight is 282 g/mol. The van der Waals surface area contributed by atoms with Gasteiger partial charge in [-0.25, -0.2) is 9.37 Å². The lowest BCUT2D eigenvalue weighted by Crippen LogP contribution is -1.92. The molecule has 0 aliphatic heterocycles. The SMILES string of the molecule is N#Cc1nc(Cl)cc(F)c1I. The van der Waals surface area contributed by atoms with Crippen LogP contribution in [0.2, 0.25) is 5.15 Å². The van der Waals surface area contributed by atoms with Crippen molar-refractivity contribution in [1.82, 2.24) is 4.98 Å². The van der Waals surface area contributed by atoms with Gasteiger partial charge in [0.2, 0.25) is 0 Å². The van der Waals surface area contributed by atoms with Crippen molar-refractivity contribution in [3.63, 3.8) is 0 Å². The van der Waals surface area contributed by atoms with E-state index in [1.54, 1.807) is 28.7 Å². The molecule has 0 atom stereocenters. The van der Waals surface area contributed by atoms with Crippen molar-refractivity contribution >= 4 is 34.2 Å². The minimum absolute atomic E-state index is 0.000494. The topological polar surface area (TPSA) is 36.7 Å². The van der Waals surface area contributed by atoms with Crippen molar-refractivity contribution in [1.29, 1.82) is 5.26 Å². The molecule has 0 amide bonds. The van der Waals surface area contributed by atoms with Crippen LogP contribution in [-0.4, -0.2) is 4.98 Å². The number of rotatable bonds is 0. The molecule has 0 saturated carbocycles. The van der Waals surface area contributed by atoms with Crippen molar-refractivity contribution in [3.05, 3.63) is 26.3 Å². The van der Waals surface area contributed by atoms with E-state index >= 15 is 0 Å². The molecule has 1 heterocycles. The number of hydrogen-bond donors (Lipinski definition) is 0. The highest BCUT2D eigenvalue weighted by atomic mass is 127. The Kier molecular flexibility index (Phi) is 2.62. The van der Waals surface area contributed by atoms with Crippen LogP contribution in [0.25, 0.3) is 0 Å². The van der Waals surface area contributed by atoms with Gasteiger partial charge in [-0.3, -0.25) is 0 Å². The zero-order chi connectivity index (χ0) is 8.43. The summed E-state index contributed by atoms with van der Waals surface area (Å²) in [6, 6.07) is 2.81. The second-order valence-electron chi connectivity index (χ2n) is 1.70. The average Bonchev–Trinajstić information content (AvgIpc) is 1.96. The quantitative estimate of drug-likeness (QED) is 0.541. The lowest BCUT2D eigenvalue weighted by molar-refractivity contribution is 0.617. The summed E-state index contributed by atoms with van der Waals surface area (Å²) in [6.45, 7) is 0. The monoisotopic (exact) mass is 282 g/mol. The fourth-order valence-corrected chi connectivity index (χ4v) is 1.12. The molecule has 0 unspecified atom stereocenters. The van der Waals surface area contributed by atoms with Crippen molar-refractivity contribution in [3.8, 4) is 6.07 Å². The lowest BCUT2D eigenvalue weighted by atomic mass is 10.4. The Balaban J connectivity index is 3.39. The maximum Gasteiger partial charge on any atom is 0.158 e. The summed E-state index contributed by atoms with van der Waals surface area (Å²) in [5, 5.41) is 8.42. The predicted molar refractivity (Wildman–Crippen MR) is 46.6 cm³/mol. The summed E-state index contributed by atoms with van der Waals surface area (Å²) in [4.78, 5) is 3.61. The predicted octanol–water partition coefficient (Wildman–Crippen LogP) is 2.35. The Morgan fingerprint density at radius 1 is 1.73 bits per heavy atom. The Bertz CT molecular complexity index is 334. The highest BCUT2D eigenvalue weighted by Crippen LogP contribution is 2.17. The van der Waals surface area contributed by atoms with Gasteiger partial charge in [-0.1, -0.05) is 11.6 Å². The van der Waals surface area contributed by atoms with Crippen LogP contribution in [0.5, 0.6) is 0 Å². The minimum Gasteiger partial charge on any atom is -0.224 e. The third-order valence-electron chi connectivity index (χ3n) is 0.988. The summed E-state index contributed by atoms with van der Waals surface area (Å²) in [5.41, 5.74) is 0.0237. The third kappa shape index (κ3) is 1.79. The number of nitrogens with zero attached hydrogens (tertiary/aromatic N) is 2. The molecule has 1 rings (SSSR count). The van der Waals surface area contributed by atoms with Crippen LogP contribution >= 0.6 is 34.2 Å². The second-order valence-corrected chi connectivity index (χ2v) is 3.17. The highest BCUT2D eigenvalue weighted by molar-refractivity contribution is 14.1. The van der Waals surface area contributed by atoms with E-state index in [1.165, 1.54) is 0 Å². The van der Waals surface area contributed by atoms with E-state index in [0.29, 0.717) is 0 Å². The van der Waals surface area contributed by atoms with Gasteiger partial charge in [-0.15, -0.1) is 0 Å². The van der Waals surface area contributed by atoms with Crippen LogP contribution in [-0.2, 0) is 0 Å². The summed E-state index contributed by atoms with van der Waals surface area (Å²) >= 11 is 7.10. The Labute approximate surface area is 81.1 Å². The van der Waals surface area contributed by atoms with Crippen LogP contribution in [0.15, 0.2) is 6.07 Å². The molecule has 0 spiro atoms. The number of hydrogen-bond acceptors (Lipinski definition) is 2. The first kappa shape index (κ1) is 8.68. The van der Waals surface area contributed by atoms with Gasteiger partial charge in [-0.2, -0.15) is 5.26 Å². The van der Waals surface area contributed by atoms with Crippen LogP contribution in [0.4, 0.5) is 4.39 Å². The fraction of sp³-hybridized carbons (Fsp3) is 0. The first-order chi connectivity index (χ1) is 5.15. The minimum atomic E-state index is -0.512. The van der Waals surface area contributed by atoms with Gasteiger partial charge in [0.1, 0.15) is 17.0 Å². The molecule has 2 nitrogen and oxygen atoms in total. The largest absolute Gasteiger partial charge is 0.224 e. The molecule has 0 radical (unpaired) electrons. The first-order valence-corrected chi connectivity index (χ1v) is 4.02. The fourth-order valence-electron chi connectivity index (χ4n) is 0.543. The number of halogens is 3. The van der Waals surface area contributed by atoms with Crippen molar-refractivity contribution in [2.75, 3.05) is 0 Å². The van der Waals surface area contributed by atoms with Gasteiger partial charge in [0.15, 0.2) is 5.69 Å². The first-order valence-electron chi connectivity index (χ1n) is 2.57. The molecule has 0 N–H and O–H groups in total. The third-order valence-corrected chi connectivity index (χ3v) is 2.21. The lowest BCUT2D eigenvalue weighted by Gasteiger charge is -1.95. The summed E-state index contributed by atoms with van der Waals surface area (Å²) in [5.74, 6) is -0.512. The molecule has 11 heavy (non-hydrogen) atoms. The van der Waals surface area contributed by atoms with Crippen LogP contribution in [0.1, 0.15) is 5.69 Å². The van der Waals surface area contributed by atoms with Gasteiger partial charge < -0.3 is 0 Å². The smallest absolute Gasteiger partial charge is 0.158 e. The number of aromatic nitrogens is 1. The van der Waals surface area contributed by atoms with Gasteiger partial charge >= 0.3 is 0 Å². The summed E-state index contributed by atoms with van der Waals surface area (Å²) in [7, 11) is 0. The zero-order valence-corrected chi connectivity index (χ0v) is 8.02. The van der Waals surface area contributed by atoms with Gasteiger partial charge in [0.05, 0.1) is 3.57 Å². The molecule has 56 valence electrons. The Hall–Kier alpha value is -0.410. The van der Waals surface area contributed by atoms with E-state index < -0.39 is 5.82 Å². The second kappa shape index (κ2) is 3.32. The van der Waals surface area contributed by atoms with Crippen LogP contribution in [0, 0.1) is 20.7 Å². The normalized spacial score (nSPS) is 9.27. The molecule has 1 aromatic heterocycles. The number of nitriles is 1. The molecular weight excluding hydrogens is 281 g/mol. The number of pyridine rings is 1. The van der Waals surface area contributed by atoms with Gasteiger partial charge in [0, 0.05) is 6.07 Å². The molecule has 0 fully saturated rings. The molecule has 0 aromatic carbocycles. The van der Waals surface area contributed by atoms with Crippen molar-refractivity contribution in [2.45, 2.75) is 0 Å². The van der Waals surface area contributed by atoms with E-state index in [-0.39, 0.29) is 14.4 Å². The standard InChI is InChI=1S/C6HClFIN2/c7-5-1-3(8)6(9)4(2-10)11-5/h1H. The summed E-state index contributed by atoms with van der Waals surface area (Å²) in [6.07, 6.45) is 0. The molecule has 0 aliphatic carbocycles. The molecule has 5 heteroatoms. The van der Waals surface area contributed by atoms with E-state index in [2.05, 4.69) is 4.98 Å². The van der Waals surface area contributed by atoms with Crippen molar-refractivity contribution < 1.29 is 4.39 Å². The molecule has 0 aliphatic rings. The van der Waals surface area contributed by atoms with Crippen LogP contribution in [0.3, 0.4) is 0 Å². The van der Waals surface area contributed by atoms with E-state index in [0.717, 1.165) is 6.07 Å². The molecular formula is C6HClFIN2. The molecule has 0 saturated heterocycles. The van der Waals surface area contributed by atoms with Crippen LogP contribution < -0.4 is 0 Å². The zero-order valence-electron chi connectivity index (χ0n) is 5.11. The highest BCUT2D eigenvalue weighted by Gasteiger charge is 2.07. The molecule has 1 aromatic rings. The maximum atomic E-state index is 12.7. The van der Waals surface area contributed by atoms with Gasteiger partial charge in [-0.05, 0) is 22.6 Å². The Morgan fingerprint density at radius 3 is 2.91 bits per heavy atom. The van der Waals surface area contributed by atoms with E-state index in [4.69, 9.17) is 16.9 Å². The maximum absolute atomic E-state index is 12.7. The Morgan fingerprint density at radius 2 is 2.36 bits per heavy atom.